The predicted octanol–water partition coefficient (Wildman–Crippen LogP) is 2.32. The Bertz CT molecular complexity index is 1010. The van der Waals surface area contributed by atoms with Crippen LogP contribution in [0.15, 0.2) is 58.1 Å². The summed E-state index contributed by atoms with van der Waals surface area (Å²) in [4.78, 5) is 36.4. The summed E-state index contributed by atoms with van der Waals surface area (Å²) in [5.41, 5.74) is 0.0373. The number of carbonyl (C=O) groups excluding carboxylic acids is 1. The molecule has 0 atom stereocenters. The Kier molecular flexibility index (Phi) is 4.79. The Balaban J connectivity index is 1.75. The molecule has 0 radical (unpaired) electrons. The molecule has 1 aromatic heterocycles. The van der Waals surface area contributed by atoms with E-state index in [1.54, 1.807) is 24.3 Å². The van der Waals surface area contributed by atoms with E-state index in [1.165, 1.54) is 4.68 Å². The van der Waals surface area contributed by atoms with Gasteiger partial charge >= 0.3 is 0 Å². The lowest BCUT2D eigenvalue weighted by Crippen LogP contribution is -2.31. The molecule has 122 valence electrons. The van der Waals surface area contributed by atoms with Crippen molar-refractivity contribution < 1.29 is 4.79 Å². The second-order valence-electron chi connectivity index (χ2n) is 5.25. The van der Waals surface area contributed by atoms with E-state index in [0.717, 1.165) is 3.57 Å². The zero-order valence-electron chi connectivity index (χ0n) is 12.6. The highest BCUT2D eigenvalue weighted by Crippen LogP contribution is 2.11. The van der Waals surface area contributed by atoms with Crippen molar-refractivity contribution in [3.8, 4) is 0 Å². The maximum atomic E-state index is 12.3. The Morgan fingerprint density at radius 3 is 2.42 bits per heavy atom. The molecule has 1 amide bonds. The Labute approximate surface area is 150 Å². The van der Waals surface area contributed by atoms with Crippen LogP contribution < -0.4 is 16.4 Å². The van der Waals surface area contributed by atoms with Crippen LogP contribution in [-0.4, -0.2) is 15.7 Å². The summed E-state index contributed by atoms with van der Waals surface area (Å²) in [7, 11) is 0. The molecule has 24 heavy (non-hydrogen) atoms. The summed E-state index contributed by atoms with van der Waals surface area (Å²) in [6.07, 6.45) is 0.0835. The third-order valence-electron chi connectivity index (χ3n) is 3.57. The maximum absolute atomic E-state index is 12.3. The van der Waals surface area contributed by atoms with Gasteiger partial charge in [0, 0.05) is 15.7 Å². The lowest BCUT2D eigenvalue weighted by molar-refractivity contribution is -0.116. The van der Waals surface area contributed by atoms with Crippen molar-refractivity contribution in [1.29, 1.82) is 0 Å². The molecule has 0 bridgehead atoms. The number of hydrogen-bond donors (Lipinski definition) is 2. The average Bonchev–Trinajstić information content (AvgIpc) is 2.59. The molecule has 2 aromatic carbocycles. The third-order valence-corrected chi connectivity index (χ3v) is 4.29. The number of aromatic nitrogens is 2. The molecule has 3 aromatic rings. The number of carbonyl (C=O) groups is 1. The molecule has 0 aliphatic rings. The number of fused-ring (bicyclic) bond motifs is 1. The van der Waals surface area contributed by atoms with Crippen molar-refractivity contribution in [3.63, 3.8) is 0 Å². The molecule has 0 spiro atoms. The zero-order valence-corrected chi connectivity index (χ0v) is 14.7. The Morgan fingerprint density at radius 2 is 1.71 bits per heavy atom. The highest BCUT2D eigenvalue weighted by Gasteiger charge is 2.08. The number of hydrogen-bond acceptors (Lipinski definition) is 3. The van der Waals surface area contributed by atoms with Gasteiger partial charge in [0.15, 0.2) is 0 Å². The molecule has 0 fully saturated rings. The van der Waals surface area contributed by atoms with Gasteiger partial charge < -0.3 is 5.32 Å². The van der Waals surface area contributed by atoms with Gasteiger partial charge in [-0.3, -0.25) is 19.5 Å². The van der Waals surface area contributed by atoms with E-state index in [9.17, 15) is 14.4 Å². The first-order valence-electron chi connectivity index (χ1n) is 7.32. The van der Waals surface area contributed by atoms with Crippen molar-refractivity contribution in [2.45, 2.75) is 13.0 Å². The van der Waals surface area contributed by atoms with E-state index in [1.807, 2.05) is 24.3 Å². The highest BCUT2D eigenvalue weighted by atomic mass is 127. The smallest absolute Gasteiger partial charge is 0.273 e. The molecule has 0 saturated carbocycles. The van der Waals surface area contributed by atoms with Crippen LogP contribution in [0, 0.1) is 3.57 Å². The highest BCUT2D eigenvalue weighted by molar-refractivity contribution is 14.1. The van der Waals surface area contributed by atoms with Crippen molar-refractivity contribution in [2.24, 2.45) is 0 Å². The fourth-order valence-corrected chi connectivity index (χ4v) is 2.73. The number of rotatable bonds is 4. The molecule has 0 aliphatic carbocycles. The van der Waals surface area contributed by atoms with Gasteiger partial charge in [0.1, 0.15) is 0 Å². The summed E-state index contributed by atoms with van der Waals surface area (Å²) in [5, 5.41) is 5.97. The standard InChI is InChI=1S/C17H14IN3O3/c18-11-5-7-12(8-6-11)19-15(22)9-10-21-17(24)14-4-2-1-3-13(14)16(23)20-21/h1-8H,9-10H2,(H,19,22)(H,20,23). The predicted molar refractivity (Wildman–Crippen MR) is 101 cm³/mol. The van der Waals surface area contributed by atoms with Gasteiger partial charge in [-0.2, -0.15) is 0 Å². The fraction of sp³-hybridized carbons (Fsp3) is 0.118. The summed E-state index contributed by atoms with van der Waals surface area (Å²) in [6, 6.07) is 14.0. The molecular formula is C17H14IN3O3. The lowest BCUT2D eigenvalue weighted by atomic mass is 10.2. The van der Waals surface area contributed by atoms with Crippen LogP contribution >= 0.6 is 22.6 Å². The minimum atomic E-state index is -0.344. The van der Waals surface area contributed by atoms with Gasteiger partial charge in [0.2, 0.25) is 5.91 Å². The number of halogens is 1. The monoisotopic (exact) mass is 435 g/mol. The Morgan fingerprint density at radius 1 is 1.04 bits per heavy atom. The molecular weight excluding hydrogens is 421 g/mol. The molecule has 1 heterocycles. The van der Waals surface area contributed by atoms with E-state index in [-0.39, 0.29) is 30.0 Å². The molecule has 7 heteroatoms. The van der Waals surface area contributed by atoms with Gasteiger partial charge in [-0.15, -0.1) is 0 Å². The van der Waals surface area contributed by atoms with Crippen molar-refractivity contribution in [2.75, 3.05) is 5.32 Å². The summed E-state index contributed by atoms with van der Waals surface area (Å²) in [5.74, 6) is -0.225. The summed E-state index contributed by atoms with van der Waals surface area (Å²) in [6.45, 7) is 0.106. The maximum Gasteiger partial charge on any atom is 0.273 e. The number of anilines is 1. The van der Waals surface area contributed by atoms with E-state index in [4.69, 9.17) is 0 Å². The molecule has 0 unspecified atom stereocenters. The SMILES string of the molecule is O=C(CCn1[nH]c(=O)c2ccccc2c1=O)Nc1ccc(I)cc1. The van der Waals surface area contributed by atoms with Crippen LogP contribution in [0.2, 0.25) is 0 Å². The minimum Gasteiger partial charge on any atom is -0.326 e. The van der Waals surface area contributed by atoms with Crippen LogP contribution in [0.1, 0.15) is 6.42 Å². The van der Waals surface area contributed by atoms with Crippen molar-refractivity contribution >= 4 is 45.0 Å². The average molecular weight is 435 g/mol. The van der Waals surface area contributed by atoms with E-state index in [0.29, 0.717) is 16.5 Å². The van der Waals surface area contributed by atoms with Crippen LogP contribution in [0.3, 0.4) is 0 Å². The topological polar surface area (TPSA) is 84.0 Å². The van der Waals surface area contributed by atoms with Gasteiger partial charge in [-0.1, -0.05) is 12.1 Å². The second-order valence-corrected chi connectivity index (χ2v) is 6.49. The quantitative estimate of drug-likeness (QED) is 0.618. The summed E-state index contributed by atoms with van der Waals surface area (Å²) < 4.78 is 2.25. The number of H-pyrrole nitrogens is 1. The Hall–Kier alpha value is -2.42. The number of aryl methyl sites for hydroxylation is 1. The van der Waals surface area contributed by atoms with Crippen molar-refractivity contribution in [3.05, 3.63) is 72.8 Å². The lowest BCUT2D eigenvalue weighted by Gasteiger charge is -2.08. The van der Waals surface area contributed by atoms with Crippen LogP contribution in [-0.2, 0) is 11.3 Å². The fourth-order valence-electron chi connectivity index (χ4n) is 2.37. The molecule has 0 aliphatic heterocycles. The zero-order chi connectivity index (χ0) is 17.1. The first-order chi connectivity index (χ1) is 11.5. The molecule has 2 N–H and O–H groups in total. The van der Waals surface area contributed by atoms with Crippen LogP contribution in [0.25, 0.3) is 10.8 Å². The first kappa shape index (κ1) is 16.4. The van der Waals surface area contributed by atoms with Gasteiger partial charge in [0.05, 0.1) is 17.3 Å². The number of nitrogens with zero attached hydrogens (tertiary/aromatic N) is 1. The summed E-state index contributed by atoms with van der Waals surface area (Å²) >= 11 is 2.18. The largest absolute Gasteiger partial charge is 0.326 e. The third kappa shape index (κ3) is 3.56. The van der Waals surface area contributed by atoms with E-state index >= 15 is 0 Å². The van der Waals surface area contributed by atoms with Crippen LogP contribution in [0.5, 0.6) is 0 Å². The first-order valence-corrected chi connectivity index (χ1v) is 8.40. The number of nitrogens with one attached hydrogen (secondary N) is 2. The van der Waals surface area contributed by atoms with Crippen LogP contribution in [0.4, 0.5) is 5.69 Å². The van der Waals surface area contributed by atoms with E-state index < -0.39 is 0 Å². The van der Waals surface area contributed by atoms with Gasteiger partial charge in [-0.25, -0.2) is 4.68 Å². The molecule has 6 nitrogen and oxygen atoms in total. The second kappa shape index (κ2) is 7.00. The molecule has 3 rings (SSSR count). The molecule has 0 saturated heterocycles. The normalized spacial score (nSPS) is 10.7. The number of amides is 1. The minimum absolute atomic E-state index is 0.0835. The van der Waals surface area contributed by atoms with Gasteiger partial charge in [0.25, 0.3) is 11.1 Å². The van der Waals surface area contributed by atoms with E-state index in [2.05, 4.69) is 33.0 Å². The number of aromatic amines is 1. The number of benzene rings is 2. The van der Waals surface area contributed by atoms with Crippen molar-refractivity contribution in [1.82, 2.24) is 9.78 Å². The van der Waals surface area contributed by atoms with Gasteiger partial charge in [-0.05, 0) is 59.0 Å².